The van der Waals surface area contributed by atoms with Gasteiger partial charge in [0.2, 0.25) is 0 Å². The van der Waals surface area contributed by atoms with Gasteiger partial charge in [-0.05, 0) is 12.8 Å². The molecule has 11 heavy (non-hydrogen) atoms. The molecular formula is C8H16O3. The molecule has 0 aliphatic carbocycles. The maximum absolute atomic E-state index is 8.44. The Kier molecular flexibility index (Phi) is 7.46. The van der Waals surface area contributed by atoms with Crippen LogP contribution in [0.15, 0.2) is 12.7 Å². The minimum absolute atomic E-state index is 0.0833. The first kappa shape index (κ1) is 10.6. The van der Waals surface area contributed by atoms with Gasteiger partial charge in [-0.1, -0.05) is 6.08 Å². The Balaban J connectivity index is 0.000000218. The largest absolute Gasteiger partial charge is 0.394 e. The van der Waals surface area contributed by atoms with Crippen LogP contribution in [0.1, 0.15) is 12.8 Å². The van der Waals surface area contributed by atoms with Crippen LogP contribution in [-0.4, -0.2) is 36.1 Å². The zero-order valence-corrected chi connectivity index (χ0v) is 6.70. The summed E-state index contributed by atoms with van der Waals surface area (Å²) in [4.78, 5) is 0. The van der Waals surface area contributed by atoms with E-state index >= 15 is 0 Å². The van der Waals surface area contributed by atoms with Crippen molar-refractivity contribution < 1.29 is 14.9 Å². The van der Waals surface area contributed by atoms with E-state index in [-0.39, 0.29) is 19.3 Å². The first-order valence-corrected chi connectivity index (χ1v) is 3.79. The topological polar surface area (TPSA) is 49.7 Å². The van der Waals surface area contributed by atoms with Crippen LogP contribution in [0.3, 0.4) is 0 Å². The third-order valence-corrected chi connectivity index (χ3v) is 1.36. The van der Waals surface area contributed by atoms with Crippen molar-refractivity contribution in [2.24, 2.45) is 0 Å². The van der Waals surface area contributed by atoms with Gasteiger partial charge in [-0.15, -0.1) is 6.58 Å². The van der Waals surface area contributed by atoms with Crippen molar-refractivity contribution in [2.75, 3.05) is 19.8 Å². The van der Waals surface area contributed by atoms with E-state index in [9.17, 15) is 0 Å². The lowest BCUT2D eigenvalue weighted by Gasteiger charge is -2.00. The zero-order valence-electron chi connectivity index (χ0n) is 6.70. The summed E-state index contributed by atoms with van der Waals surface area (Å²) in [7, 11) is 0. The van der Waals surface area contributed by atoms with Crippen LogP contribution in [0.2, 0.25) is 0 Å². The highest BCUT2D eigenvalue weighted by Crippen LogP contribution is 2.09. The van der Waals surface area contributed by atoms with E-state index in [2.05, 4.69) is 6.58 Å². The summed E-state index contributed by atoms with van der Waals surface area (Å²) in [6.07, 6.45) is 3.74. The molecule has 66 valence electrons. The molecule has 1 fully saturated rings. The number of hydrogen-bond donors (Lipinski definition) is 2. The van der Waals surface area contributed by atoms with Gasteiger partial charge in [-0.25, -0.2) is 0 Å². The molecule has 1 saturated heterocycles. The van der Waals surface area contributed by atoms with Crippen molar-refractivity contribution in [3.05, 3.63) is 12.7 Å². The van der Waals surface area contributed by atoms with Gasteiger partial charge < -0.3 is 14.9 Å². The number of hydrogen-bond acceptors (Lipinski definition) is 3. The fourth-order valence-corrected chi connectivity index (χ4v) is 0.788. The molecule has 0 radical (unpaired) electrons. The normalized spacial score (nSPS) is 22.2. The number of aliphatic hydroxyl groups excluding tert-OH is 2. The summed E-state index contributed by atoms with van der Waals surface area (Å²) in [6.45, 7) is 4.35. The molecule has 1 aliphatic heterocycles. The lowest BCUT2D eigenvalue weighted by atomic mass is 10.2. The van der Waals surface area contributed by atoms with Crippen LogP contribution >= 0.6 is 0 Å². The fourth-order valence-electron chi connectivity index (χ4n) is 0.788. The van der Waals surface area contributed by atoms with Crippen LogP contribution in [0.4, 0.5) is 0 Å². The summed E-state index contributed by atoms with van der Waals surface area (Å²) < 4.78 is 5.05. The lowest BCUT2D eigenvalue weighted by molar-refractivity contribution is 0.0591. The summed E-state index contributed by atoms with van der Waals surface area (Å²) in [5.41, 5.74) is 0. The summed E-state index contributed by atoms with van der Waals surface area (Å²) in [6, 6.07) is 0. The second-order valence-electron chi connectivity index (χ2n) is 2.29. The zero-order chi connectivity index (χ0) is 8.53. The van der Waals surface area contributed by atoms with E-state index in [0.29, 0.717) is 0 Å². The first-order chi connectivity index (χ1) is 5.35. The van der Waals surface area contributed by atoms with Crippen molar-refractivity contribution in [1.82, 2.24) is 0 Å². The van der Waals surface area contributed by atoms with Gasteiger partial charge in [0.15, 0.2) is 0 Å². The van der Waals surface area contributed by atoms with Gasteiger partial charge in [0.25, 0.3) is 0 Å². The molecule has 0 aromatic carbocycles. The molecule has 0 saturated carbocycles. The third-order valence-electron chi connectivity index (χ3n) is 1.36. The van der Waals surface area contributed by atoms with Crippen molar-refractivity contribution in [3.8, 4) is 0 Å². The molecule has 1 aliphatic rings. The van der Waals surface area contributed by atoms with Crippen LogP contribution in [0, 0.1) is 0 Å². The Bertz CT molecular complexity index is 87.3. The van der Waals surface area contributed by atoms with Crippen molar-refractivity contribution in [3.63, 3.8) is 0 Å². The second-order valence-corrected chi connectivity index (χ2v) is 2.29. The van der Waals surface area contributed by atoms with E-state index in [1.165, 1.54) is 6.08 Å². The Morgan fingerprint density at radius 3 is 2.36 bits per heavy atom. The Morgan fingerprint density at radius 1 is 1.55 bits per heavy atom. The van der Waals surface area contributed by atoms with Gasteiger partial charge in [-0.2, -0.15) is 0 Å². The van der Waals surface area contributed by atoms with Crippen LogP contribution in [-0.2, 0) is 4.74 Å². The van der Waals surface area contributed by atoms with E-state index in [1.54, 1.807) is 0 Å². The quantitative estimate of drug-likeness (QED) is 0.572. The lowest BCUT2D eigenvalue weighted by Crippen LogP contribution is -2.09. The summed E-state index contributed by atoms with van der Waals surface area (Å²) in [5.74, 6) is 0. The average molecular weight is 160 g/mol. The molecule has 0 amide bonds. The molecule has 0 aromatic heterocycles. The van der Waals surface area contributed by atoms with Crippen LogP contribution < -0.4 is 0 Å². The Hall–Kier alpha value is -0.380. The molecule has 1 unspecified atom stereocenters. The maximum Gasteiger partial charge on any atom is 0.0806 e. The van der Waals surface area contributed by atoms with Gasteiger partial charge in [0.1, 0.15) is 0 Å². The highest BCUT2D eigenvalue weighted by molar-refractivity contribution is 4.61. The van der Waals surface area contributed by atoms with Gasteiger partial charge in [0, 0.05) is 6.61 Å². The smallest absolute Gasteiger partial charge is 0.0806 e. The molecule has 3 nitrogen and oxygen atoms in total. The van der Waals surface area contributed by atoms with E-state index < -0.39 is 0 Å². The molecule has 1 heterocycles. The van der Waals surface area contributed by atoms with Crippen molar-refractivity contribution >= 4 is 0 Å². The van der Waals surface area contributed by atoms with Crippen LogP contribution in [0.25, 0.3) is 0 Å². The SMILES string of the molecule is C=CCO.OCC1CCCO1. The Labute approximate surface area is 67.3 Å². The van der Waals surface area contributed by atoms with Crippen molar-refractivity contribution in [1.29, 1.82) is 0 Å². The minimum Gasteiger partial charge on any atom is -0.394 e. The first-order valence-electron chi connectivity index (χ1n) is 3.79. The standard InChI is InChI=1S/C5H10O2.C3H6O/c6-4-5-2-1-3-7-5;1-2-3-4/h5-6H,1-4H2;2,4H,1,3H2. The average Bonchev–Trinajstić information content (AvgIpc) is 2.56. The monoisotopic (exact) mass is 160 g/mol. The predicted octanol–water partition coefficient (Wildman–Crippen LogP) is 0.322. The molecule has 3 heteroatoms. The maximum atomic E-state index is 8.44. The second kappa shape index (κ2) is 7.72. The van der Waals surface area contributed by atoms with Gasteiger partial charge >= 0.3 is 0 Å². The van der Waals surface area contributed by atoms with E-state index in [0.717, 1.165) is 19.4 Å². The molecule has 2 N–H and O–H groups in total. The molecule has 0 aromatic rings. The molecule has 0 bridgehead atoms. The Morgan fingerprint density at radius 2 is 2.18 bits per heavy atom. The number of ether oxygens (including phenoxy) is 1. The molecule has 1 rings (SSSR count). The highest BCUT2D eigenvalue weighted by Gasteiger charge is 2.12. The van der Waals surface area contributed by atoms with Gasteiger partial charge in [0.05, 0.1) is 19.3 Å². The predicted molar refractivity (Wildman–Crippen MR) is 43.3 cm³/mol. The molecular weight excluding hydrogens is 144 g/mol. The molecule has 1 atom stereocenters. The third kappa shape index (κ3) is 6.04. The van der Waals surface area contributed by atoms with E-state index in [4.69, 9.17) is 14.9 Å². The van der Waals surface area contributed by atoms with Crippen LogP contribution in [0.5, 0.6) is 0 Å². The summed E-state index contributed by atoms with van der Waals surface area (Å²) in [5, 5.41) is 16.2. The summed E-state index contributed by atoms with van der Waals surface area (Å²) >= 11 is 0. The number of rotatable bonds is 2. The molecule has 0 spiro atoms. The number of aliphatic hydroxyl groups is 2. The minimum atomic E-state index is 0.0833. The highest BCUT2D eigenvalue weighted by atomic mass is 16.5. The van der Waals surface area contributed by atoms with E-state index in [1.807, 2.05) is 0 Å². The fraction of sp³-hybridized carbons (Fsp3) is 0.750. The van der Waals surface area contributed by atoms with Crippen molar-refractivity contribution in [2.45, 2.75) is 18.9 Å². The van der Waals surface area contributed by atoms with Gasteiger partial charge in [-0.3, -0.25) is 0 Å².